The van der Waals surface area contributed by atoms with Gasteiger partial charge in [-0.05, 0) is 18.2 Å². The van der Waals surface area contributed by atoms with Gasteiger partial charge >= 0.3 is 0 Å². The molecule has 0 aliphatic carbocycles. The number of thiazole rings is 1. The van der Waals surface area contributed by atoms with Crippen LogP contribution in [-0.2, 0) is 6.54 Å². The van der Waals surface area contributed by atoms with Gasteiger partial charge in [-0.15, -0.1) is 11.3 Å². The maximum absolute atomic E-state index is 8.89. The molecule has 2 aromatic rings. The van der Waals surface area contributed by atoms with Gasteiger partial charge in [0.05, 0.1) is 22.8 Å². The summed E-state index contributed by atoms with van der Waals surface area (Å²) in [4.78, 5) is 9.22. The average Bonchev–Trinajstić information content (AvgIpc) is 3.10. The Kier molecular flexibility index (Phi) is 5.59. The van der Waals surface area contributed by atoms with E-state index in [1.165, 1.54) is 5.69 Å². The number of ether oxygens (including phenoxy) is 1. The molecule has 0 atom stereocenters. The summed E-state index contributed by atoms with van der Waals surface area (Å²) in [6.07, 6.45) is 0. The molecule has 0 radical (unpaired) electrons. The number of benzene rings is 1. The van der Waals surface area contributed by atoms with Crippen molar-refractivity contribution in [3.05, 3.63) is 46.4 Å². The van der Waals surface area contributed by atoms with Crippen LogP contribution in [0.3, 0.4) is 0 Å². The van der Waals surface area contributed by atoms with Crippen LogP contribution in [0, 0.1) is 11.3 Å². The average molecular weight is 328 g/mol. The number of piperazine rings is 1. The van der Waals surface area contributed by atoms with Crippen LogP contribution >= 0.6 is 11.3 Å². The minimum absolute atomic E-state index is 0.637. The quantitative estimate of drug-likeness (QED) is 0.814. The zero-order chi connectivity index (χ0) is 15.9. The number of rotatable bonds is 6. The first-order chi connectivity index (χ1) is 11.3. The van der Waals surface area contributed by atoms with E-state index in [0.717, 1.165) is 45.0 Å². The smallest absolute Gasteiger partial charge is 0.120 e. The lowest BCUT2D eigenvalue weighted by molar-refractivity contribution is 0.112. The second kappa shape index (κ2) is 8.06. The second-order valence-corrected chi connectivity index (χ2v) is 6.30. The van der Waals surface area contributed by atoms with Crippen LogP contribution in [0.2, 0.25) is 0 Å². The van der Waals surface area contributed by atoms with Gasteiger partial charge in [0, 0.05) is 44.6 Å². The van der Waals surface area contributed by atoms with E-state index >= 15 is 0 Å². The molecule has 1 saturated heterocycles. The Labute approximate surface area is 140 Å². The summed E-state index contributed by atoms with van der Waals surface area (Å²) < 4.78 is 5.75. The molecule has 1 aliphatic rings. The van der Waals surface area contributed by atoms with Gasteiger partial charge in [-0.25, -0.2) is 4.98 Å². The lowest BCUT2D eigenvalue weighted by Gasteiger charge is -2.34. The molecule has 120 valence electrons. The van der Waals surface area contributed by atoms with Crippen molar-refractivity contribution in [1.82, 2.24) is 14.8 Å². The maximum Gasteiger partial charge on any atom is 0.120 e. The van der Waals surface area contributed by atoms with Crippen molar-refractivity contribution in [3.63, 3.8) is 0 Å². The van der Waals surface area contributed by atoms with Gasteiger partial charge in [0.25, 0.3) is 0 Å². The van der Waals surface area contributed by atoms with Gasteiger partial charge in [-0.1, -0.05) is 6.07 Å². The third-order valence-electron chi connectivity index (χ3n) is 3.97. The standard InChI is InChI=1S/C17H20N4OS/c18-11-15-2-1-3-17(10-15)22-9-8-20-4-6-21(7-5-20)12-16-13-23-14-19-16/h1-3,10,13-14H,4-9,12H2. The van der Waals surface area contributed by atoms with Crippen LogP contribution in [0.5, 0.6) is 5.75 Å². The van der Waals surface area contributed by atoms with Crippen molar-refractivity contribution in [2.24, 2.45) is 0 Å². The van der Waals surface area contributed by atoms with Crippen molar-refractivity contribution in [1.29, 1.82) is 5.26 Å². The Morgan fingerprint density at radius 3 is 2.78 bits per heavy atom. The van der Waals surface area contributed by atoms with Gasteiger partial charge in [0.2, 0.25) is 0 Å². The van der Waals surface area contributed by atoms with Crippen molar-refractivity contribution in [2.45, 2.75) is 6.54 Å². The topological polar surface area (TPSA) is 52.4 Å². The maximum atomic E-state index is 8.89. The normalized spacial score (nSPS) is 16.1. The highest BCUT2D eigenvalue weighted by Crippen LogP contribution is 2.13. The summed E-state index contributed by atoms with van der Waals surface area (Å²) in [6, 6.07) is 9.45. The Balaban J connectivity index is 1.37. The molecule has 0 unspecified atom stereocenters. The van der Waals surface area contributed by atoms with E-state index in [1.54, 1.807) is 23.5 Å². The zero-order valence-corrected chi connectivity index (χ0v) is 13.8. The molecule has 1 aliphatic heterocycles. The van der Waals surface area contributed by atoms with E-state index in [4.69, 9.17) is 10.00 Å². The SMILES string of the molecule is N#Cc1cccc(OCCN2CCN(Cc3cscn3)CC2)c1. The molecular weight excluding hydrogens is 308 g/mol. The molecule has 0 saturated carbocycles. The minimum Gasteiger partial charge on any atom is -0.492 e. The first-order valence-electron chi connectivity index (χ1n) is 7.78. The molecule has 1 aromatic heterocycles. The van der Waals surface area contributed by atoms with Crippen LogP contribution < -0.4 is 4.74 Å². The molecule has 0 amide bonds. The highest BCUT2D eigenvalue weighted by Gasteiger charge is 2.17. The first-order valence-corrected chi connectivity index (χ1v) is 8.72. The molecule has 6 heteroatoms. The molecular formula is C17H20N4OS. The van der Waals surface area contributed by atoms with Crippen molar-refractivity contribution < 1.29 is 4.74 Å². The van der Waals surface area contributed by atoms with Crippen LogP contribution in [0.1, 0.15) is 11.3 Å². The van der Waals surface area contributed by atoms with E-state index in [-0.39, 0.29) is 0 Å². The van der Waals surface area contributed by atoms with E-state index in [9.17, 15) is 0 Å². The monoisotopic (exact) mass is 328 g/mol. The summed E-state index contributed by atoms with van der Waals surface area (Å²) in [5, 5.41) is 11.0. The fourth-order valence-electron chi connectivity index (χ4n) is 2.66. The second-order valence-electron chi connectivity index (χ2n) is 5.59. The zero-order valence-electron chi connectivity index (χ0n) is 13.0. The molecule has 0 bridgehead atoms. The fraction of sp³-hybridized carbons (Fsp3) is 0.412. The largest absolute Gasteiger partial charge is 0.492 e. The van der Waals surface area contributed by atoms with Crippen LogP contribution in [0.25, 0.3) is 0 Å². The van der Waals surface area contributed by atoms with E-state index in [2.05, 4.69) is 26.2 Å². The summed E-state index contributed by atoms with van der Waals surface area (Å²) in [7, 11) is 0. The number of hydrogen-bond donors (Lipinski definition) is 0. The number of nitriles is 1. The Bertz CT molecular complexity index is 645. The Hall–Kier alpha value is -1.94. The van der Waals surface area contributed by atoms with Crippen molar-refractivity contribution in [3.8, 4) is 11.8 Å². The van der Waals surface area contributed by atoms with Crippen molar-refractivity contribution in [2.75, 3.05) is 39.3 Å². The summed E-state index contributed by atoms with van der Waals surface area (Å²) in [6.45, 7) is 6.79. The molecule has 23 heavy (non-hydrogen) atoms. The first kappa shape index (κ1) is 15.9. The molecule has 0 N–H and O–H groups in total. The van der Waals surface area contributed by atoms with Gasteiger partial charge in [-0.2, -0.15) is 5.26 Å². The van der Waals surface area contributed by atoms with Crippen LogP contribution in [-0.4, -0.2) is 54.1 Å². The lowest BCUT2D eigenvalue weighted by Crippen LogP contribution is -2.47. The molecule has 1 aromatic carbocycles. The third-order valence-corrected chi connectivity index (χ3v) is 4.61. The van der Waals surface area contributed by atoms with E-state index in [0.29, 0.717) is 12.2 Å². The van der Waals surface area contributed by atoms with Gasteiger partial charge in [0.1, 0.15) is 12.4 Å². The molecule has 3 rings (SSSR count). The van der Waals surface area contributed by atoms with Crippen LogP contribution in [0.15, 0.2) is 35.2 Å². The van der Waals surface area contributed by atoms with Gasteiger partial charge < -0.3 is 4.74 Å². The lowest BCUT2D eigenvalue weighted by atomic mass is 10.2. The Morgan fingerprint density at radius 2 is 2.04 bits per heavy atom. The van der Waals surface area contributed by atoms with Gasteiger partial charge in [0.15, 0.2) is 0 Å². The van der Waals surface area contributed by atoms with Crippen LogP contribution in [0.4, 0.5) is 0 Å². The molecule has 1 fully saturated rings. The predicted octanol–water partition coefficient (Wildman–Crippen LogP) is 2.21. The fourth-order valence-corrected chi connectivity index (χ4v) is 3.21. The number of nitrogens with zero attached hydrogens (tertiary/aromatic N) is 4. The highest BCUT2D eigenvalue weighted by atomic mass is 32.1. The summed E-state index contributed by atoms with van der Waals surface area (Å²) in [5.41, 5.74) is 3.70. The van der Waals surface area contributed by atoms with E-state index in [1.807, 2.05) is 17.6 Å². The van der Waals surface area contributed by atoms with E-state index < -0.39 is 0 Å². The molecule has 5 nitrogen and oxygen atoms in total. The van der Waals surface area contributed by atoms with Crippen molar-refractivity contribution >= 4 is 11.3 Å². The summed E-state index contributed by atoms with van der Waals surface area (Å²) in [5.74, 6) is 0.770. The number of hydrogen-bond acceptors (Lipinski definition) is 6. The number of aromatic nitrogens is 1. The Morgan fingerprint density at radius 1 is 1.22 bits per heavy atom. The summed E-state index contributed by atoms with van der Waals surface area (Å²) >= 11 is 1.66. The highest BCUT2D eigenvalue weighted by molar-refractivity contribution is 7.07. The minimum atomic E-state index is 0.637. The molecule has 0 spiro atoms. The van der Waals surface area contributed by atoms with Gasteiger partial charge in [-0.3, -0.25) is 9.80 Å². The predicted molar refractivity (Wildman–Crippen MR) is 90.5 cm³/mol. The molecule has 2 heterocycles. The third kappa shape index (κ3) is 4.76.